The lowest BCUT2D eigenvalue weighted by molar-refractivity contribution is 0.755. The van der Waals surface area contributed by atoms with Gasteiger partial charge in [0.25, 0.3) is 0 Å². The van der Waals surface area contributed by atoms with Gasteiger partial charge in [0.2, 0.25) is 5.16 Å². The second kappa shape index (κ2) is 6.25. The van der Waals surface area contributed by atoms with E-state index in [4.69, 9.17) is 0 Å². The third-order valence-electron chi connectivity index (χ3n) is 4.12. The highest BCUT2D eigenvalue weighted by atomic mass is 32.2. The van der Waals surface area contributed by atoms with Crippen molar-refractivity contribution in [2.24, 2.45) is 0 Å². The first-order valence-electron chi connectivity index (χ1n) is 7.87. The lowest BCUT2D eigenvalue weighted by Gasteiger charge is -2.08. The number of benzene rings is 2. The molecule has 7 heteroatoms. The molecule has 2 aromatic heterocycles. The number of aryl methyl sites for hydroxylation is 3. The van der Waals surface area contributed by atoms with Crippen molar-refractivity contribution in [2.45, 2.75) is 31.0 Å². The second-order valence-electron chi connectivity index (χ2n) is 5.94. The molecule has 0 unspecified atom stereocenters. The number of nitrogens with zero attached hydrogens (tertiary/aromatic N) is 6. The Labute approximate surface area is 149 Å². The summed E-state index contributed by atoms with van der Waals surface area (Å²) in [5.41, 5.74) is 5.45. The van der Waals surface area contributed by atoms with Gasteiger partial charge in [-0.25, -0.2) is 9.97 Å². The summed E-state index contributed by atoms with van der Waals surface area (Å²) in [6, 6.07) is 12.3. The van der Waals surface area contributed by atoms with Gasteiger partial charge in [0, 0.05) is 5.39 Å². The van der Waals surface area contributed by atoms with Crippen molar-refractivity contribution in [1.29, 1.82) is 0 Å². The van der Waals surface area contributed by atoms with Crippen molar-refractivity contribution in [2.75, 3.05) is 0 Å². The van der Waals surface area contributed by atoms with Crippen LogP contribution < -0.4 is 0 Å². The fourth-order valence-electron chi connectivity index (χ4n) is 2.58. The van der Waals surface area contributed by atoms with Gasteiger partial charge in [-0.3, -0.25) is 0 Å². The fraction of sp³-hybridized carbons (Fsp3) is 0.167. The summed E-state index contributed by atoms with van der Waals surface area (Å²) in [5, 5.41) is 14.7. The maximum Gasteiger partial charge on any atom is 0.220 e. The van der Waals surface area contributed by atoms with E-state index in [2.05, 4.69) is 64.5 Å². The molecule has 0 fully saturated rings. The van der Waals surface area contributed by atoms with Crippen molar-refractivity contribution < 1.29 is 0 Å². The van der Waals surface area contributed by atoms with Crippen molar-refractivity contribution in [3.63, 3.8) is 0 Å². The molecule has 0 bridgehead atoms. The lowest BCUT2D eigenvalue weighted by Crippen LogP contribution is -2.00. The van der Waals surface area contributed by atoms with Crippen LogP contribution in [-0.2, 0) is 0 Å². The molecule has 0 amide bonds. The number of hydrogen-bond donors (Lipinski definition) is 0. The molecule has 4 rings (SSSR count). The zero-order valence-electron chi connectivity index (χ0n) is 14.1. The summed E-state index contributed by atoms with van der Waals surface area (Å²) in [6.07, 6.45) is 1.57. The number of tetrazole rings is 1. The van der Waals surface area contributed by atoms with Gasteiger partial charge in [-0.15, -0.1) is 5.10 Å². The summed E-state index contributed by atoms with van der Waals surface area (Å²) in [7, 11) is 0. The van der Waals surface area contributed by atoms with Gasteiger partial charge in [0.1, 0.15) is 11.4 Å². The van der Waals surface area contributed by atoms with Crippen molar-refractivity contribution >= 4 is 22.7 Å². The average Bonchev–Trinajstić information content (AvgIpc) is 3.06. The molecule has 0 spiro atoms. The minimum atomic E-state index is 0.671. The molecule has 0 saturated heterocycles. The van der Waals surface area contributed by atoms with Crippen LogP contribution in [0.4, 0.5) is 0 Å². The lowest BCUT2D eigenvalue weighted by atomic mass is 10.1. The monoisotopic (exact) mass is 348 g/mol. The third-order valence-corrected chi connectivity index (χ3v) is 5.07. The summed E-state index contributed by atoms with van der Waals surface area (Å²) in [5.74, 6) is 0. The fourth-order valence-corrected chi connectivity index (χ4v) is 3.43. The predicted molar refractivity (Wildman–Crippen MR) is 97.0 cm³/mol. The van der Waals surface area contributed by atoms with Crippen LogP contribution in [0.1, 0.15) is 16.7 Å². The van der Waals surface area contributed by atoms with Gasteiger partial charge in [-0.1, -0.05) is 17.7 Å². The Morgan fingerprint density at radius 1 is 0.920 bits per heavy atom. The standard InChI is InChI=1S/C18H16N6S/c1-11-4-7-16-15(8-11)17(20-10-19-16)25-18-21-22-23-24(18)14-6-5-12(2)13(3)9-14/h4-10H,1-3H3. The van der Waals surface area contributed by atoms with Crippen molar-refractivity contribution in [1.82, 2.24) is 30.2 Å². The normalized spacial score (nSPS) is 11.2. The van der Waals surface area contributed by atoms with E-state index in [1.165, 1.54) is 22.9 Å². The van der Waals surface area contributed by atoms with E-state index in [1.807, 2.05) is 18.2 Å². The highest BCUT2D eigenvalue weighted by molar-refractivity contribution is 7.99. The molecule has 0 radical (unpaired) electrons. The molecule has 4 aromatic rings. The van der Waals surface area contributed by atoms with E-state index in [0.717, 1.165) is 27.2 Å². The maximum absolute atomic E-state index is 4.43. The third kappa shape index (κ3) is 2.98. The number of hydrogen-bond acceptors (Lipinski definition) is 6. The summed E-state index contributed by atoms with van der Waals surface area (Å²) in [4.78, 5) is 8.76. The quantitative estimate of drug-likeness (QED) is 0.526. The molecule has 124 valence electrons. The molecular weight excluding hydrogens is 332 g/mol. The molecule has 0 atom stereocenters. The smallest absolute Gasteiger partial charge is 0.220 e. The van der Waals surface area contributed by atoms with E-state index >= 15 is 0 Å². The first-order valence-corrected chi connectivity index (χ1v) is 8.69. The highest BCUT2D eigenvalue weighted by Crippen LogP contribution is 2.31. The molecule has 0 aliphatic carbocycles. The molecule has 2 heterocycles. The molecule has 0 aliphatic rings. The molecular formula is C18H16N6S. The van der Waals surface area contributed by atoms with Gasteiger partial charge >= 0.3 is 0 Å². The molecule has 6 nitrogen and oxygen atoms in total. The Balaban J connectivity index is 1.77. The van der Waals surface area contributed by atoms with E-state index in [0.29, 0.717) is 5.16 Å². The SMILES string of the molecule is Cc1ccc2ncnc(Sc3nnnn3-c3ccc(C)c(C)c3)c2c1. The van der Waals surface area contributed by atoms with Gasteiger partial charge in [-0.05, 0) is 78.4 Å². The molecule has 0 saturated carbocycles. The van der Waals surface area contributed by atoms with E-state index in [-0.39, 0.29) is 0 Å². The van der Waals surface area contributed by atoms with Crippen LogP contribution >= 0.6 is 11.8 Å². The second-order valence-corrected chi connectivity index (χ2v) is 6.90. The Morgan fingerprint density at radius 2 is 1.80 bits per heavy atom. The molecule has 25 heavy (non-hydrogen) atoms. The van der Waals surface area contributed by atoms with Crippen molar-refractivity contribution in [3.8, 4) is 5.69 Å². The Morgan fingerprint density at radius 3 is 2.64 bits per heavy atom. The summed E-state index contributed by atoms with van der Waals surface area (Å²) in [6.45, 7) is 6.22. The van der Waals surface area contributed by atoms with Crippen LogP contribution in [0.15, 0.2) is 52.9 Å². The molecule has 2 aromatic carbocycles. The van der Waals surface area contributed by atoms with Gasteiger partial charge < -0.3 is 0 Å². The van der Waals surface area contributed by atoms with Gasteiger partial charge in [0.05, 0.1) is 11.2 Å². The minimum Gasteiger partial charge on any atom is -0.236 e. The Kier molecular flexibility index (Phi) is 3.93. The Hall–Kier alpha value is -2.80. The first kappa shape index (κ1) is 15.7. The van der Waals surface area contributed by atoms with E-state index < -0.39 is 0 Å². The van der Waals surface area contributed by atoms with Crippen LogP contribution in [0.5, 0.6) is 0 Å². The van der Waals surface area contributed by atoms with Crippen LogP contribution in [0.2, 0.25) is 0 Å². The van der Waals surface area contributed by atoms with Crippen LogP contribution in [0.25, 0.3) is 16.6 Å². The molecule has 0 N–H and O–H groups in total. The number of fused-ring (bicyclic) bond motifs is 1. The number of aromatic nitrogens is 6. The minimum absolute atomic E-state index is 0.671. The van der Waals surface area contributed by atoms with Crippen LogP contribution in [0, 0.1) is 20.8 Å². The van der Waals surface area contributed by atoms with Crippen LogP contribution in [-0.4, -0.2) is 30.2 Å². The van der Waals surface area contributed by atoms with Gasteiger partial charge in [-0.2, -0.15) is 4.68 Å². The average molecular weight is 348 g/mol. The number of rotatable bonds is 3. The van der Waals surface area contributed by atoms with Gasteiger partial charge in [0.15, 0.2) is 0 Å². The maximum atomic E-state index is 4.43. The summed E-state index contributed by atoms with van der Waals surface area (Å²) < 4.78 is 1.74. The Bertz CT molecular complexity index is 1070. The van der Waals surface area contributed by atoms with Crippen molar-refractivity contribution in [3.05, 3.63) is 59.4 Å². The van der Waals surface area contributed by atoms with E-state index in [9.17, 15) is 0 Å². The highest BCUT2D eigenvalue weighted by Gasteiger charge is 2.14. The topological polar surface area (TPSA) is 69.4 Å². The van der Waals surface area contributed by atoms with E-state index in [1.54, 1.807) is 11.0 Å². The van der Waals surface area contributed by atoms with Crippen LogP contribution in [0.3, 0.4) is 0 Å². The first-order chi connectivity index (χ1) is 12.1. The summed E-state index contributed by atoms with van der Waals surface area (Å²) >= 11 is 1.44. The predicted octanol–water partition coefficient (Wildman–Crippen LogP) is 3.68. The zero-order chi connectivity index (χ0) is 17.4. The zero-order valence-corrected chi connectivity index (χ0v) is 14.9. The largest absolute Gasteiger partial charge is 0.236 e. The molecule has 0 aliphatic heterocycles.